The van der Waals surface area contributed by atoms with Crippen molar-refractivity contribution in [3.63, 3.8) is 0 Å². The Morgan fingerprint density at radius 1 is 1.55 bits per heavy atom. The van der Waals surface area contributed by atoms with E-state index in [1.165, 1.54) is 0 Å². The Kier molecular flexibility index (Phi) is 4.92. The van der Waals surface area contributed by atoms with Crippen molar-refractivity contribution in [1.29, 1.82) is 0 Å². The van der Waals surface area contributed by atoms with Crippen LogP contribution < -0.4 is 11.1 Å². The molecule has 0 radical (unpaired) electrons. The van der Waals surface area contributed by atoms with Gasteiger partial charge in [-0.2, -0.15) is 5.10 Å². The van der Waals surface area contributed by atoms with Gasteiger partial charge in [0.15, 0.2) is 0 Å². The molecule has 6 nitrogen and oxygen atoms in total. The van der Waals surface area contributed by atoms with Crippen LogP contribution >= 0.6 is 0 Å². The molecule has 1 aromatic rings. The lowest BCUT2D eigenvalue weighted by atomic mass is 9.92. The second-order valence-electron chi connectivity index (χ2n) is 7.63. The zero-order valence-electron chi connectivity index (χ0n) is 14.3. The average molecular weight is 307 g/mol. The molecule has 0 saturated carbocycles. The van der Waals surface area contributed by atoms with Crippen LogP contribution in [0.25, 0.3) is 0 Å². The quantitative estimate of drug-likeness (QED) is 0.778. The van der Waals surface area contributed by atoms with Gasteiger partial charge in [-0.15, -0.1) is 0 Å². The Morgan fingerprint density at radius 3 is 2.77 bits per heavy atom. The minimum Gasteiger partial charge on any atom is -0.353 e. The summed E-state index contributed by atoms with van der Waals surface area (Å²) in [4.78, 5) is 14.5. The third-order valence-corrected chi connectivity index (χ3v) is 3.94. The van der Waals surface area contributed by atoms with Gasteiger partial charge in [0.2, 0.25) is 5.91 Å². The summed E-state index contributed by atoms with van der Waals surface area (Å²) in [6.07, 6.45) is 0.707. The first-order valence-corrected chi connectivity index (χ1v) is 8.01. The molecule has 2 rings (SSSR count). The minimum atomic E-state index is -0.154. The van der Waals surface area contributed by atoms with Crippen LogP contribution in [0.5, 0.6) is 0 Å². The van der Waals surface area contributed by atoms with E-state index < -0.39 is 0 Å². The van der Waals surface area contributed by atoms with Crippen molar-refractivity contribution in [2.45, 2.75) is 71.1 Å². The number of hydrogen-bond donors (Lipinski definition) is 3. The molecule has 1 fully saturated rings. The standard InChI is InChI=1S/C16H29N5O/c1-10(2)18-15(22)13-6-11(17)8-21(13)9-12-7-14(20-19-12)16(3,4)5/h7,10-11,13H,6,8-9,17H2,1-5H3,(H,18,22)(H,19,20)/t11-,13-/m0/s1. The summed E-state index contributed by atoms with van der Waals surface area (Å²) in [5.74, 6) is 0.0681. The van der Waals surface area contributed by atoms with Crippen molar-refractivity contribution in [2.75, 3.05) is 6.54 Å². The second-order valence-corrected chi connectivity index (χ2v) is 7.63. The van der Waals surface area contributed by atoms with Crippen LogP contribution in [0.2, 0.25) is 0 Å². The molecule has 0 aromatic carbocycles. The number of rotatable bonds is 4. The van der Waals surface area contributed by atoms with Gasteiger partial charge in [0.1, 0.15) is 0 Å². The lowest BCUT2D eigenvalue weighted by Crippen LogP contribution is -2.45. The number of carbonyl (C=O) groups is 1. The predicted octanol–water partition coefficient (Wildman–Crippen LogP) is 1.13. The van der Waals surface area contributed by atoms with Crippen LogP contribution in [0.1, 0.15) is 52.4 Å². The topological polar surface area (TPSA) is 87.0 Å². The van der Waals surface area contributed by atoms with Crippen molar-refractivity contribution >= 4 is 5.91 Å². The highest BCUT2D eigenvalue weighted by Crippen LogP contribution is 2.23. The van der Waals surface area contributed by atoms with Gasteiger partial charge in [0.05, 0.1) is 11.7 Å². The number of nitrogens with zero attached hydrogens (tertiary/aromatic N) is 2. The molecule has 0 unspecified atom stereocenters. The molecule has 1 aliphatic heterocycles. The van der Waals surface area contributed by atoms with E-state index in [2.05, 4.69) is 47.3 Å². The molecule has 2 heterocycles. The van der Waals surface area contributed by atoms with E-state index in [1.54, 1.807) is 0 Å². The fourth-order valence-electron chi connectivity index (χ4n) is 2.81. The van der Waals surface area contributed by atoms with Gasteiger partial charge in [-0.1, -0.05) is 20.8 Å². The summed E-state index contributed by atoms with van der Waals surface area (Å²) >= 11 is 0. The predicted molar refractivity (Wildman–Crippen MR) is 87.4 cm³/mol. The summed E-state index contributed by atoms with van der Waals surface area (Å²) in [5.41, 5.74) is 8.15. The van der Waals surface area contributed by atoms with Crippen LogP contribution in [0, 0.1) is 0 Å². The number of nitrogens with one attached hydrogen (secondary N) is 2. The number of nitrogens with two attached hydrogens (primary N) is 1. The molecule has 0 aliphatic carbocycles. The molecule has 4 N–H and O–H groups in total. The number of aromatic nitrogens is 2. The third-order valence-electron chi connectivity index (χ3n) is 3.94. The molecular weight excluding hydrogens is 278 g/mol. The summed E-state index contributed by atoms with van der Waals surface area (Å²) < 4.78 is 0. The molecule has 0 spiro atoms. The van der Waals surface area contributed by atoms with E-state index >= 15 is 0 Å². The Morgan fingerprint density at radius 2 is 2.23 bits per heavy atom. The first-order valence-electron chi connectivity index (χ1n) is 8.01. The lowest BCUT2D eigenvalue weighted by molar-refractivity contribution is -0.126. The number of H-pyrrole nitrogens is 1. The lowest BCUT2D eigenvalue weighted by Gasteiger charge is -2.23. The number of carbonyl (C=O) groups excluding carboxylic acids is 1. The zero-order chi connectivity index (χ0) is 16.5. The van der Waals surface area contributed by atoms with Crippen molar-refractivity contribution in [1.82, 2.24) is 20.4 Å². The monoisotopic (exact) mass is 307 g/mol. The highest BCUT2D eigenvalue weighted by Gasteiger charge is 2.35. The minimum absolute atomic E-state index is 0.0184. The third kappa shape index (κ3) is 4.08. The van der Waals surface area contributed by atoms with Gasteiger partial charge in [-0.25, -0.2) is 0 Å². The van der Waals surface area contributed by atoms with E-state index in [4.69, 9.17) is 5.73 Å². The Hall–Kier alpha value is -1.40. The maximum Gasteiger partial charge on any atom is 0.237 e. The fourth-order valence-corrected chi connectivity index (χ4v) is 2.81. The molecule has 124 valence electrons. The average Bonchev–Trinajstić information content (AvgIpc) is 2.95. The summed E-state index contributed by atoms with van der Waals surface area (Å²) in [5, 5.41) is 10.5. The molecule has 1 aliphatic rings. The maximum atomic E-state index is 12.3. The SMILES string of the molecule is CC(C)NC(=O)[C@@H]1C[C@H](N)CN1Cc1cc(C(C)(C)C)n[nH]1. The highest BCUT2D eigenvalue weighted by atomic mass is 16.2. The van der Waals surface area contributed by atoms with E-state index in [-0.39, 0.29) is 29.4 Å². The normalized spacial score (nSPS) is 23.2. The van der Waals surface area contributed by atoms with E-state index in [0.717, 1.165) is 17.9 Å². The molecule has 1 amide bonds. The molecule has 2 atom stereocenters. The van der Waals surface area contributed by atoms with Gasteiger partial charge in [-0.05, 0) is 26.3 Å². The first-order chi connectivity index (χ1) is 10.2. The summed E-state index contributed by atoms with van der Waals surface area (Å²) in [6.45, 7) is 11.8. The van der Waals surface area contributed by atoms with Crippen LogP contribution in [-0.4, -0.2) is 45.7 Å². The van der Waals surface area contributed by atoms with Gasteiger partial charge >= 0.3 is 0 Å². The molecule has 1 saturated heterocycles. The van der Waals surface area contributed by atoms with Gasteiger partial charge in [0.25, 0.3) is 0 Å². The summed E-state index contributed by atoms with van der Waals surface area (Å²) in [6, 6.07) is 2.12. The zero-order valence-corrected chi connectivity index (χ0v) is 14.3. The van der Waals surface area contributed by atoms with Crippen LogP contribution in [-0.2, 0) is 16.8 Å². The van der Waals surface area contributed by atoms with Gasteiger partial charge < -0.3 is 11.1 Å². The van der Waals surface area contributed by atoms with Gasteiger partial charge in [0, 0.05) is 36.3 Å². The van der Waals surface area contributed by atoms with Crippen molar-refractivity contribution in [3.05, 3.63) is 17.5 Å². The second kappa shape index (κ2) is 6.38. The van der Waals surface area contributed by atoms with Crippen molar-refractivity contribution in [2.24, 2.45) is 5.73 Å². The largest absolute Gasteiger partial charge is 0.353 e. The Bertz CT molecular complexity index is 517. The Balaban J connectivity index is 2.06. The number of hydrogen-bond acceptors (Lipinski definition) is 4. The van der Waals surface area contributed by atoms with Crippen LogP contribution in [0.15, 0.2) is 6.07 Å². The molecule has 22 heavy (non-hydrogen) atoms. The number of amides is 1. The smallest absolute Gasteiger partial charge is 0.237 e. The van der Waals surface area contributed by atoms with E-state index in [9.17, 15) is 4.79 Å². The van der Waals surface area contributed by atoms with Crippen LogP contribution in [0.4, 0.5) is 0 Å². The van der Waals surface area contributed by atoms with E-state index in [1.807, 2.05) is 13.8 Å². The highest BCUT2D eigenvalue weighted by molar-refractivity contribution is 5.82. The molecule has 1 aromatic heterocycles. The van der Waals surface area contributed by atoms with Crippen molar-refractivity contribution < 1.29 is 4.79 Å². The summed E-state index contributed by atoms with van der Waals surface area (Å²) in [7, 11) is 0. The fraction of sp³-hybridized carbons (Fsp3) is 0.750. The molecule has 6 heteroatoms. The van der Waals surface area contributed by atoms with E-state index in [0.29, 0.717) is 13.0 Å². The molecule has 0 bridgehead atoms. The molecular formula is C16H29N5O. The maximum absolute atomic E-state index is 12.3. The van der Waals surface area contributed by atoms with Gasteiger partial charge in [-0.3, -0.25) is 14.8 Å². The number of aromatic amines is 1. The van der Waals surface area contributed by atoms with Crippen LogP contribution in [0.3, 0.4) is 0 Å². The first kappa shape index (κ1) is 17.0. The Labute approximate surface area is 132 Å². The van der Waals surface area contributed by atoms with Crippen molar-refractivity contribution in [3.8, 4) is 0 Å². The number of likely N-dealkylation sites (tertiary alicyclic amines) is 1.